The second-order valence-electron chi connectivity index (χ2n) is 6.83. The van der Waals surface area contributed by atoms with Crippen molar-refractivity contribution < 1.29 is 14.3 Å². The minimum absolute atomic E-state index is 0.0820. The monoisotopic (exact) mass is 366 g/mol. The van der Waals surface area contributed by atoms with Crippen molar-refractivity contribution in [3.63, 3.8) is 0 Å². The van der Waals surface area contributed by atoms with Crippen LogP contribution in [0.3, 0.4) is 0 Å². The molecule has 0 fully saturated rings. The average Bonchev–Trinajstić information content (AvgIpc) is 3.26. The van der Waals surface area contributed by atoms with Gasteiger partial charge in [0.25, 0.3) is 0 Å². The molecule has 4 rings (SSSR count). The SMILES string of the molecule is Cc1cccn2c(CNC(=O)[C@H](c3ccc4c(c3)OCO4)N(C)C)cnc12. The number of nitrogens with zero attached hydrogens (tertiary/aromatic N) is 3. The molecule has 0 bridgehead atoms. The highest BCUT2D eigenvalue weighted by atomic mass is 16.7. The van der Waals surface area contributed by atoms with Crippen LogP contribution in [0.15, 0.2) is 42.7 Å². The van der Waals surface area contributed by atoms with Gasteiger partial charge in [-0.15, -0.1) is 0 Å². The number of imidazole rings is 1. The maximum absolute atomic E-state index is 12.9. The summed E-state index contributed by atoms with van der Waals surface area (Å²) in [6, 6.07) is 9.17. The molecule has 1 atom stereocenters. The van der Waals surface area contributed by atoms with E-state index in [1.165, 1.54) is 0 Å². The number of pyridine rings is 1. The predicted molar refractivity (Wildman–Crippen MR) is 101 cm³/mol. The Balaban J connectivity index is 1.53. The summed E-state index contributed by atoms with van der Waals surface area (Å²) in [4.78, 5) is 19.3. The quantitative estimate of drug-likeness (QED) is 0.750. The van der Waals surface area contributed by atoms with E-state index in [9.17, 15) is 4.79 Å². The number of nitrogens with one attached hydrogen (secondary N) is 1. The van der Waals surface area contributed by atoms with Crippen LogP contribution in [0.25, 0.3) is 5.65 Å². The van der Waals surface area contributed by atoms with E-state index in [1.54, 1.807) is 6.20 Å². The van der Waals surface area contributed by atoms with Gasteiger partial charge >= 0.3 is 0 Å². The Kier molecular flexibility index (Phi) is 4.45. The second kappa shape index (κ2) is 6.92. The Morgan fingerprint density at radius 1 is 1.30 bits per heavy atom. The van der Waals surface area contributed by atoms with Gasteiger partial charge in [0, 0.05) is 6.20 Å². The molecule has 3 aromatic rings. The molecule has 0 radical (unpaired) electrons. The Morgan fingerprint density at radius 2 is 2.11 bits per heavy atom. The largest absolute Gasteiger partial charge is 0.454 e. The van der Waals surface area contributed by atoms with Gasteiger partial charge in [-0.25, -0.2) is 4.98 Å². The molecule has 2 aromatic heterocycles. The molecule has 7 heteroatoms. The molecule has 0 unspecified atom stereocenters. The minimum atomic E-state index is -0.430. The van der Waals surface area contributed by atoms with Crippen molar-refractivity contribution in [2.45, 2.75) is 19.5 Å². The maximum atomic E-state index is 12.9. The molecule has 1 aromatic carbocycles. The first-order valence-electron chi connectivity index (χ1n) is 8.80. The Bertz CT molecular complexity index is 996. The standard InChI is InChI=1S/C20H22N4O3/c1-13-5-4-8-24-15(10-21-19(13)24)11-22-20(25)18(23(2)3)14-6-7-16-17(9-14)27-12-26-16/h4-10,18H,11-12H2,1-3H3,(H,22,25)/t18-/m0/s1. The molecule has 27 heavy (non-hydrogen) atoms. The average molecular weight is 366 g/mol. The first-order chi connectivity index (χ1) is 13.0. The van der Waals surface area contributed by atoms with E-state index in [2.05, 4.69) is 10.3 Å². The molecule has 0 saturated heterocycles. The maximum Gasteiger partial charge on any atom is 0.242 e. The van der Waals surface area contributed by atoms with Crippen molar-refractivity contribution in [3.05, 3.63) is 59.5 Å². The molecule has 1 N–H and O–H groups in total. The van der Waals surface area contributed by atoms with Crippen LogP contribution in [0.1, 0.15) is 22.9 Å². The summed E-state index contributed by atoms with van der Waals surface area (Å²) in [6.07, 6.45) is 3.76. The molecule has 0 saturated carbocycles. The van der Waals surface area contributed by atoms with Crippen molar-refractivity contribution in [1.29, 1.82) is 0 Å². The highest BCUT2D eigenvalue weighted by Gasteiger charge is 2.25. The minimum Gasteiger partial charge on any atom is -0.454 e. The molecule has 1 amide bonds. The summed E-state index contributed by atoms with van der Waals surface area (Å²) in [5.41, 5.74) is 3.80. The second-order valence-corrected chi connectivity index (χ2v) is 6.83. The lowest BCUT2D eigenvalue weighted by Crippen LogP contribution is -2.36. The number of fused-ring (bicyclic) bond motifs is 2. The highest BCUT2D eigenvalue weighted by Crippen LogP contribution is 2.35. The lowest BCUT2D eigenvalue weighted by atomic mass is 10.0. The molecule has 0 aliphatic carbocycles. The fourth-order valence-electron chi connectivity index (χ4n) is 3.37. The van der Waals surface area contributed by atoms with Crippen LogP contribution in [0.4, 0.5) is 0 Å². The highest BCUT2D eigenvalue weighted by molar-refractivity contribution is 5.83. The van der Waals surface area contributed by atoms with Gasteiger partial charge in [-0.1, -0.05) is 12.1 Å². The zero-order chi connectivity index (χ0) is 19.0. The summed E-state index contributed by atoms with van der Waals surface area (Å²) in [5, 5.41) is 3.03. The fourth-order valence-corrected chi connectivity index (χ4v) is 3.37. The van der Waals surface area contributed by atoms with Gasteiger partial charge in [-0.05, 0) is 50.3 Å². The number of amides is 1. The Hall–Kier alpha value is -3.06. The number of ether oxygens (including phenoxy) is 2. The summed E-state index contributed by atoms with van der Waals surface area (Å²) < 4.78 is 12.8. The third-order valence-corrected chi connectivity index (χ3v) is 4.73. The zero-order valence-electron chi connectivity index (χ0n) is 15.6. The molecule has 7 nitrogen and oxygen atoms in total. The number of carbonyl (C=O) groups is 1. The molecular weight excluding hydrogens is 344 g/mol. The summed E-state index contributed by atoms with van der Waals surface area (Å²) in [7, 11) is 3.76. The summed E-state index contributed by atoms with van der Waals surface area (Å²) >= 11 is 0. The number of likely N-dealkylation sites (N-methyl/N-ethyl adjacent to an activating group) is 1. The van der Waals surface area contributed by atoms with Gasteiger partial charge < -0.3 is 19.2 Å². The lowest BCUT2D eigenvalue weighted by Gasteiger charge is -2.24. The van der Waals surface area contributed by atoms with E-state index in [1.807, 2.05) is 66.8 Å². The third-order valence-electron chi connectivity index (χ3n) is 4.73. The molecule has 1 aliphatic heterocycles. The van der Waals surface area contributed by atoms with Crippen molar-refractivity contribution in [1.82, 2.24) is 19.6 Å². The molecule has 0 spiro atoms. The van der Waals surface area contributed by atoms with Crippen LogP contribution in [-0.4, -0.2) is 41.1 Å². The van der Waals surface area contributed by atoms with E-state index in [-0.39, 0.29) is 12.7 Å². The number of hydrogen-bond donors (Lipinski definition) is 1. The van der Waals surface area contributed by atoms with Crippen molar-refractivity contribution in [3.8, 4) is 11.5 Å². The van der Waals surface area contributed by atoms with Gasteiger partial charge in [0.05, 0.1) is 18.4 Å². The van der Waals surface area contributed by atoms with Gasteiger partial charge in [-0.3, -0.25) is 9.69 Å². The first kappa shape index (κ1) is 17.4. The smallest absolute Gasteiger partial charge is 0.242 e. The van der Waals surface area contributed by atoms with E-state index >= 15 is 0 Å². The molecule has 3 heterocycles. The zero-order valence-corrected chi connectivity index (χ0v) is 15.6. The van der Waals surface area contributed by atoms with E-state index in [0.29, 0.717) is 18.0 Å². The van der Waals surface area contributed by atoms with Gasteiger partial charge in [0.2, 0.25) is 12.7 Å². The van der Waals surface area contributed by atoms with Crippen molar-refractivity contribution in [2.24, 2.45) is 0 Å². The van der Waals surface area contributed by atoms with Crippen LogP contribution in [0, 0.1) is 6.92 Å². The van der Waals surface area contributed by atoms with E-state index in [4.69, 9.17) is 9.47 Å². The first-order valence-corrected chi connectivity index (χ1v) is 8.80. The van der Waals surface area contributed by atoms with Gasteiger partial charge in [0.1, 0.15) is 11.7 Å². The topological polar surface area (TPSA) is 68.1 Å². The van der Waals surface area contributed by atoms with Gasteiger partial charge in [-0.2, -0.15) is 0 Å². The number of aryl methyl sites for hydroxylation is 1. The van der Waals surface area contributed by atoms with Gasteiger partial charge in [0.15, 0.2) is 11.5 Å². The fraction of sp³-hybridized carbons (Fsp3) is 0.300. The predicted octanol–water partition coefficient (Wildman–Crippen LogP) is 2.29. The number of aromatic nitrogens is 2. The van der Waals surface area contributed by atoms with Crippen LogP contribution < -0.4 is 14.8 Å². The Labute approximate surface area is 157 Å². The molecule has 140 valence electrons. The summed E-state index contributed by atoms with van der Waals surface area (Å²) in [6.45, 7) is 2.63. The molecule has 1 aliphatic rings. The lowest BCUT2D eigenvalue weighted by molar-refractivity contribution is -0.126. The van der Waals surface area contributed by atoms with Crippen LogP contribution >= 0.6 is 0 Å². The van der Waals surface area contributed by atoms with E-state index in [0.717, 1.165) is 22.5 Å². The number of rotatable bonds is 5. The number of carbonyl (C=O) groups excluding carboxylic acids is 1. The number of benzene rings is 1. The molecular formula is C20H22N4O3. The van der Waals surface area contributed by atoms with Crippen LogP contribution in [-0.2, 0) is 11.3 Å². The van der Waals surface area contributed by atoms with Crippen molar-refractivity contribution in [2.75, 3.05) is 20.9 Å². The summed E-state index contributed by atoms with van der Waals surface area (Å²) in [5.74, 6) is 1.30. The Morgan fingerprint density at radius 3 is 2.93 bits per heavy atom. The normalized spacial score (nSPS) is 13.9. The van der Waals surface area contributed by atoms with E-state index < -0.39 is 6.04 Å². The van der Waals surface area contributed by atoms with Crippen LogP contribution in [0.2, 0.25) is 0 Å². The third kappa shape index (κ3) is 3.21. The number of hydrogen-bond acceptors (Lipinski definition) is 5. The van der Waals surface area contributed by atoms with Crippen molar-refractivity contribution >= 4 is 11.6 Å². The van der Waals surface area contributed by atoms with Crippen LogP contribution in [0.5, 0.6) is 11.5 Å².